The van der Waals surface area contributed by atoms with E-state index in [4.69, 9.17) is 14.2 Å². The van der Waals surface area contributed by atoms with Gasteiger partial charge in [-0.3, -0.25) is 9.36 Å². The van der Waals surface area contributed by atoms with Crippen molar-refractivity contribution in [3.63, 3.8) is 0 Å². The molecule has 0 aliphatic carbocycles. The third-order valence-corrected chi connectivity index (χ3v) is 4.44. The van der Waals surface area contributed by atoms with Gasteiger partial charge < -0.3 is 19.3 Å². The Kier molecular flexibility index (Phi) is 6.01. The van der Waals surface area contributed by atoms with Gasteiger partial charge in [-0.05, 0) is 24.6 Å². The first-order chi connectivity index (χ1) is 13.3. The fraction of sp³-hybridized carbons (Fsp3) is 0.444. The second kappa shape index (κ2) is 8.29. The number of methoxy groups -OCH3 is 1. The van der Waals surface area contributed by atoms with Crippen LogP contribution in [-0.2, 0) is 15.7 Å². The van der Waals surface area contributed by atoms with E-state index in [1.165, 1.54) is 24.2 Å². The number of nitrogens with zero attached hydrogens (tertiary/aromatic N) is 2. The molecule has 2 heterocycles. The molecule has 1 fully saturated rings. The molecule has 0 saturated carbocycles. The Labute approximate surface area is 158 Å². The Morgan fingerprint density at radius 3 is 2.82 bits per heavy atom. The minimum Gasteiger partial charge on any atom is -0.467 e. The van der Waals surface area contributed by atoms with Crippen molar-refractivity contribution in [2.75, 3.05) is 27.1 Å². The second-order valence-corrected chi connectivity index (χ2v) is 6.28. The first-order valence-corrected chi connectivity index (χ1v) is 8.48. The average molecular weight is 400 g/mol. The Bertz CT molecular complexity index is 884. The van der Waals surface area contributed by atoms with Gasteiger partial charge in [0, 0.05) is 25.5 Å². The third-order valence-electron chi connectivity index (χ3n) is 4.44. The number of benzene rings is 1. The average Bonchev–Trinajstić information content (AvgIpc) is 2.66. The fourth-order valence-electron chi connectivity index (χ4n) is 3.05. The van der Waals surface area contributed by atoms with E-state index in [1.807, 2.05) is 0 Å². The lowest BCUT2D eigenvalue weighted by molar-refractivity contribution is -0.137. The summed E-state index contributed by atoms with van der Waals surface area (Å²) in [6.45, 7) is 0.173. The highest BCUT2D eigenvalue weighted by atomic mass is 19.4. The Morgan fingerprint density at radius 1 is 1.36 bits per heavy atom. The van der Waals surface area contributed by atoms with Crippen LogP contribution in [0.1, 0.15) is 18.0 Å². The van der Waals surface area contributed by atoms with Gasteiger partial charge in [-0.15, -0.1) is 0 Å². The molecule has 1 saturated heterocycles. The number of hydrogen-bond acceptors (Lipinski definition) is 6. The maximum atomic E-state index is 13.0. The number of ether oxygens (including phenoxy) is 3. The molecule has 0 spiro atoms. The molecule has 2 unspecified atom stereocenters. The van der Waals surface area contributed by atoms with Gasteiger partial charge in [0.25, 0.3) is 5.56 Å². The molecule has 1 aromatic carbocycles. The minimum atomic E-state index is -4.56. The lowest BCUT2D eigenvalue weighted by Gasteiger charge is -2.29. The lowest BCUT2D eigenvalue weighted by Crippen LogP contribution is -2.39. The monoisotopic (exact) mass is 400 g/mol. The van der Waals surface area contributed by atoms with Crippen LogP contribution in [0.2, 0.25) is 0 Å². The minimum absolute atomic E-state index is 0.0565. The van der Waals surface area contributed by atoms with E-state index in [2.05, 4.69) is 4.98 Å². The Balaban J connectivity index is 2.07. The molecule has 1 aliphatic rings. The summed E-state index contributed by atoms with van der Waals surface area (Å²) in [7, 11) is 1.33. The van der Waals surface area contributed by atoms with E-state index < -0.39 is 29.4 Å². The van der Waals surface area contributed by atoms with E-state index in [-0.39, 0.29) is 30.3 Å². The second-order valence-electron chi connectivity index (χ2n) is 6.28. The van der Waals surface area contributed by atoms with E-state index in [1.54, 1.807) is 0 Å². The van der Waals surface area contributed by atoms with E-state index in [0.717, 1.165) is 18.2 Å². The van der Waals surface area contributed by atoms with Crippen molar-refractivity contribution < 1.29 is 32.5 Å². The summed E-state index contributed by atoms with van der Waals surface area (Å²) in [6, 6.07) is 2.31. The molecular formula is C18H19F3N2O5. The smallest absolute Gasteiger partial charge is 0.416 e. The predicted octanol–water partition coefficient (Wildman–Crippen LogP) is 2.23. The van der Waals surface area contributed by atoms with Gasteiger partial charge in [0.15, 0.2) is 6.79 Å². The van der Waals surface area contributed by atoms with E-state index in [9.17, 15) is 23.1 Å². The lowest BCUT2D eigenvalue weighted by atomic mass is 10.0. The predicted molar refractivity (Wildman–Crippen MR) is 91.9 cm³/mol. The van der Waals surface area contributed by atoms with Gasteiger partial charge in [-0.1, -0.05) is 0 Å². The molecule has 28 heavy (non-hydrogen) atoms. The van der Waals surface area contributed by atoms with Crippen LogP contribution in [0.3, 0.4) is 0 Å². The largest absolute Gasteiger partial charge is 0.467 e. The molecule has 2 atom stereocenters. The van der Waals surface area contributed by atoms with E-state index >= 15 is 0 Å². The number of aliphatic hydroxyl groups excluding tert-OH is 1. The van der Waals surface area contributed by atoms with Gasteiger partial charge in [0.2, 0.25) is 0 Å². The molecular weight excluding hydrogens is 381 g/mol. The number of rotatable bonds is 5. The zero-order chi connectivity index (χ0) is 20.3. The molecule has 1 aliphatic heterocycles. The fourth-order valence-corrected chi connectivity index (χ4v) is 3.05. The number of hydrogen-bond donors (Lipinski definition) is 1. The number of halogens is 3. The molecule has 7 nitrogen and oxygen atoms in total. The summed E-state index contributed by atoms with van der Waals surface area (Å²) in [4.78, 5) is 17.0. The van der Waals surface area contributed by atoms with Gasteiger partial charge in [-0.25, -0.2) is 4.98 Å². The van der Waals surface area contributed by atoms with Crippen LogP contribution in [0.4, 0.5) is 13.2 Å². The molecule has 2 aromatic rings. The normalized spacial score (nSPS) is 20.2. The van der Waals surface area contributed by atoms with Gasteiger partial charge in [0.05, 0.1) is 36.2 Å². The summed E-state index contributed by atoms with van der Waals surface area (Å²) in [5.41, 5.74) is -1.20. The van der Waals surface area contributed by atoms with Crippen LogP contribution in [0.5, 0.6) is 5.75 Å². The molecule has 152 valence electrons. The maximum absolute atomic E-state index is 13.0. The summed E-state index contributed by atoms with van der Waals surface area (Å²) < 4.78 is 55.6. The quantitative estimate of drug-likeness (QED) is 0.776. The molecule has 3 rings (SSSR count). The SMILES string of the molecule is COCOc1cc(C(F)(F)F)ccc1-c1cncn(C2CCOCC2O)c1=O. The molecule has 0 radical (unpaired) electrons. The molecule has 0 amide bonds. The maximum Gasteiger partial charge on any atom is 0.416 e. The topological polar surface area (TPSA) is 82.8 Å². The molecule has 10 heteroatoms. The van der Waals surface area contributed by atoms with Crippen molar-refractivity contribution >= 4 is 0 Å². The summed E-state index contributed by atoms with van der Waals surface area (Å²) in [5.74, 6) is -0.152. The van der Waals surface area contributed by atoms with Crippen LogP contribution in [-0.4, -0.2) is 47.9 Å². The van der Waals surface area contributed by atoms with Gasteiger partial charge in [0.1, 0.15) is 5.75 Å². The highest BCUT2D eigenvalue weighted by Gasteiger charge is 2.32. The Hall–Kier alpha value is -2.43. The Morgan fingerprint density at radius 2 is 2.14 bits per heavy atom. The standard InChI is InChI=1S/C18H19F3N2O5/c1-26-10-28-16-6-11(18(19,20)21)2-3-12(16)13-7-22-9-23(17(13)25)14-4-5-27-8-15(14)24/h2-3,6-7,9,14-15,24H,4-5,8,10H2,1H3. The van der Waals surface area contributed by atoms with Crippen molar-refractivity contribution in [3.05, 3.63) is 46.6 Å². The number of aromatic nitrogens is 2. The van der Waals surface area contributed by atoms with E-state index in [0.29, 0.717) is 13.0 Å². The van der Waals surface area contributed by atoms with Crippen LogP contribution in [0.15, 0.2) is 35.5 Å². The zero-order valence-electron chi connectivity index (χ0n) is 15.0. The van der Waals surface area contributed by atoms with Gasteiger partial charge in [-0.2, -0.15) is 13.2 Å². The molecule has 1 N–H and O–H groups in total. The van der Waals surface area contributed by atoms with Gasteiger partial charge >= 0.3 is 6.18 Å². The summed E-state index contributed by atoms with van der Waals surface area (Å²) in [6.07, 6.45) is -2.49. The third kappa shape index (κ3) is 4.18. The number of aliphatic hydroxyl groups is 1. The first-order valence-electron chi connectivity index (χ1n) is 8.48. The highest BCUT2D eigenvalue weighted by molar-refractivity contribution is 5.69. The molecule has 0 bridgehead atoms. The van der Waals surface area contributed by atoms with Crippen molar-refractivity contribution in [1.82, 2.24) is 9.55 Å². The van der Waals surface area contributed by atoms with Crippen molar-refractivity contribution in [2.24, 2.45) is 0 Å². The van der Waals surface area contributed by atoms with Crippen LogP contribution >= 0.6 is 0 Å². The highest BCUT2D eigenvalue weighted by Crippen LogP contribution is 2.36. The summed E-state index contributed by atoms with van der Waals surface area (Å²) >= 11 is 0. The molecule has 1 aromatic heterocycles. The zero-order valence-corrected chi connectivity index (χ0v) is 15.0. The summed E-state index contributed by atoms with van der Waals surface area (Å²) in [5, 5.41) is 10.1. The van der Waals surface area contributed by atoms with Crippen LogP contribution in [0, 0.1) is 0 Å². The van der Waals surface area contributed by atoms with Crippen LogP contribution < -0.4 is 10.3 Å². The van der Waals surface area contributed by atoms with Crippen molar-refractivity contribution in [1.29, 1.82) is 0 Å². The van der Waals surface area contributed by atoms with Crippen molar-refractivity contribution in [2.45, 2.75) is 24.7 Å². The van der Waals surface area contributed by atoms with Crippen LogP contribution in [0.25, 0.3) is 11.1 Å². The van der Waals surface area contributed by atoms with Crippen molar-refractivity contribution in [3.8, 4) is 16.9 Å². The first kappa shape index (κ1) is 20.3. The number of alkyl halides is 3.